The Balaban J connectivity index is 1.61. The summed E-state index contributed by atoms with van der Waals surface area (Å²) in [5.74, 6) is 0. The Morgan fingerprint density at radius 2 is 2.07 bits per heavy atom. The minimum Gasteiger partial charge on any atom is -0.462 e. The molecule has 0 unspecified atom stereocenters. The molecule has 0 atom stereocenters. The highest BCUT2D eigenvalue weighted by Gasteiger charge is 2.22. The van der Waals surface area contributed by atoms with Crippen molar-refractivity contribution in [1.29, 1.82) is 0 Å². The SMILES string of the molecule is CS(=O)(=O)c1ncc2c(n1)CCN(Cc1coc3c(Cl)cc(Cl)cc3c1=O)C2. The fourth-order valence-corrected chi connectivity index (χ4v) is 4.28. The van der Waals surface area contributed by atoms with E-state index >= 15 is 0 Å². The van der Waals surface area contributed by atoms with Gasteiger partial charge in [-0.1, -0.05) is 23.2 Å². The van der Waals surface area contributed by atoms with Crippen LogP contribution in [-0.2, 0) is 29.3 Å². The largest absolute Gasteiger partial charge is 0.462 e. The molecule has 28 heavy (non-hydrogen) atoms. The summed E-state index contributed by atoms with van der Waals surface area (Å²) in [4.78, 5) is 23.0. The van der Waals surface area contributed by atoms with E-state index < -0.39 is 9.84 Å². The van der Waals surface area contributed by atoms with Crippen molar-refractivity contribution in [1.82, 2.24) is 14.9 Å². The van der Waals surface area contributed by atoms with E-state index in [0.29, 0.717) is 47.6 Å². The molecule has 10 heteroatoms. The van der Waals surface area contributed by atoms with E-state index in [1.54, 1.807) is 6.07 Å². The van der Waals surface area contributed by atoms with Crippen LogP contribution in [0, 0.1) is 0 Å². The number of hydrogen-bond donors (Lipinski definition) is 0. The van der Waals surface area contributed by atoms with Gasteiger partial charge in [0.2, 0.25) is 15.0 Å². The van der Waals surface area contributed by atoms with E-state index in [-0.39, 0.29) is 15.6 Å². The van der Waals surface area contributed by atoms with Crippen molar-refractivity contribution in [2.45, 2.75) is 24.7 Å². The molecule has 7 nitrogen and oxygen atoms in total. The predicted octanol–water partition coefficient (Wildman–Crippen LogP) is 2.85. The van der Waals surface area contributed by atoms with Crippen molar-refractivity contribution in [2.75, 3.05) is 12.8 Å². The summed E-state index contributed by atoms with van der Waals surface area (Å²) in [6.07, 6.45) is 4.61. The minimum absolute atomic E-state index is 0.163. The first-order valence-electron chi connectivity index (χ1n) is 8.39. The molecule has 4 rings (SSSR count). The highest BCUT2D eigenvalue weighted by Crippen LogP contribution is 2.27. The molecule has 0 bridgehead atoms. The van der Waals surface area contributed by atoms with Crippen LogP contribution >= 0.6 is 23.2 Å². The lowest BCUT2D eigenvalue weighted by molar-refractivity contribution is 0.240. The molecule has 1 aromatic carbocycles. The normalized spacial score (nSPS) is 15.0. The molecule has 0 N–H and O–H groups in total. The Morgan fingerprint density at radius 3 is 2.82 bits per heavy atom. The van der Waals surface area contributed by atoms with E-state index in [0.717, 1.165) is 17.5 Å². The van der Waals surface area contributed by atoms with Crippen LogP contribution in [0.25, 0.3) is 11.0 Å². The third kappa shape index (κ3) is 3.65. The number of nitrogens with zero attached hydrogens (tertiary/aromatic N) is 3. The second-order valence-electron chi connectivity index (χ2n) is 6.71. The summed E-state index contributed by atoms with van der Waals surface area (Å²) in [7, 11) is -3.44. The fourth-order valence-electron chi connectivity index (χ4n) is 3.23. The molecule has 2 aromatic heterocycles. The van der Waals surface area contributed by atoms with Crippen molar-refractivity contribution < 1.29 is 12.8 Å². The van der Waals surface area contributed by atoms with Crippen molar-refractivity contribution in [3.05, 3.63) is 61.7 Å². The predicted molar refractivity (Wildman–Crippen MR) is 105 cm³/mol. The van der Waals surface area contributed by atoms with Gasteiger partial charge < -0.3 is 4.42 Å². The topological polar surface area (TPSA) is 93.4 Å². The first kappa shape index (κ1) is 19.3. The lowest BCUT2D eigenvalue weighted by Crippen LogP contribution is -2.32. The summed E-state index contributed by atoms with van der Waals surface area (Å²) in [6.45, 7) is 1.50. The Morgan fingerprint density at radius 1 is 1.29 bits per heavy atom. The maximum Gasteiger partial charge on any atom is 0.246 e. The quantitative estimate of drug-likeness (QED) is 0.579. The van der Waals surface area contributed by atoms with Gasteiger partial charge in [-0.05, 0) is 12.1 Å². The molecule has 0 amide bonds. The molecular weight excluding hydrogens is 425 g/mol. The Kier molecular flexibility index (Phi) is 4.91. The fraction of sp³-hybridized carbons (Fsp3) is 0.278. The number of benzene rings is 1. The molecule has 1 aliphatic heterocycles. The van der Waals surface area contributed by atoms with E-state index in [4.69, 9.17) is 27.6 Å². The summed E-state index contributed by atoms with van der Waals surface area (Å²) < 4.78 is 28.8. The number of rotatable bonds is 3. The van der Waals surface area contributed by atoms with Gasteiger partial charge in [0.25, 0.3) is 0 Å². The van der Waals surface area contributed by atoms with Gasteiger partial charge in [0, 0.05) is 54.7 Å². The van der Waals surface area contributed by atoms with Gasteiger partial charge in [-0.3, -0.25) is 9.69 Å². The van der Waals surface area contributed by atoms with Crippen LogP contribution in [0.1, 0.15) is 16.8 Å². The van der Waals surface area contributed by atoms with Gasteiger partial charge in [-0.15, -0.1) is 0 Å². The van der Waals surface area contributed by atoms with Gasteiger partial charge in [0.15, 0.2) is 11.0 Å². The van der Waals surface area contributed by atoms with Crippen LogP contribution in [0.3, 0.4) is 0 Å². The molecular formula is C18H15Cl2N3O4S. The molecule has 0 spiro atoms. The van der Waals surface area contributed by atoms with Crippen LogP contribution in [-0.4, -0.2) is 36.1 Å². The van der Waals surface area contributed by atoms with Crippen molar-refractivity contribution in [3.63, 3.8) is 0 Å². The molecule has 0 aliphatic carbocycles. The number of hydrogen-bond acceptors (Lipinski definition) is 7. The van der Waals surface area contributed by atoms with Crippen LogP contribution < -0.4 is 5.43 Å². The number of halogens is 2. The second kappa shape index (κ2) is 7.11. The highest BCUT2D eigenvalue weighted by molar-refractivity contribution is 7.90. The molecule has 0 saturated carbocycles. The van der Waals surface area contributed by atoms with Crippen LogP contribution in [0.4, 0.5) is 0 Å². The molecule has 3 heterocycles. The second-order valence-corrected chi connectivity index (χ2v) is 9.46. The molecule has 3 aromatic rings. The van der Waals surface area contributed by atoms with E-state index in [1.165, 1.54) is 18.5 Å². The number of sulfone groups is 1. The van der Waals surface area contributed by atoms with Gasteiger partial charge in [-0.25, -0.2) is 18.4 Å². The van der Waals surface area contributed by atoms with E-state index in [1.807, 2.05) is 0 Å². The summed E-state index contributed by atoms with van der Waals surface area (Å²) >= 11 is 12.1. The van der Waals surface area contributed by atoms with Crippen molar-refractivity contribution >= 4 is 44.0 Å². The zero-order chi connectivity index (χ0) is 20.1. The maximum absolute atomic E-state index is 12.8. The highest BCUT2D eigenvalue weighted by atomic mass is 35.5. The van der Waals surface area contributed by atoms with Gasteiger partial charge in [-0.2, -0.15) is 0 Å². The zero-order valence-corrected chi connectivity index (χ0v) is 17.1. The lowest BCUT2D eigenvalue weighted by atomic mass is 10.1. The van der Waals surface area contributed by atoms with E-state index in [2.05, 4.69) is 14.9 Å². The Bertz CT molecular complexity index is 1260. The summed E-state index contributed by atoms with van der Waals surface area (Å²) in [6, 6.07) is 3.07. The third-order valence-corrected chi connectivity index (χ3v) is 5.94. The first-order valence-corrected chi connectivity index (χ1v) is 11.0. The van der Waals surface area contributed by atoms with Crippen LogP contribution in [0.5, 0.6) is 0 Å². The molecule has 0 fully saturated rings. The van der Waals surface area contributed by atoms with Gasteiger partial charge in [0.05, 0.1) is 22.4 Å². The number of fused-ring (bicyclic) bond motifs is 2. The smallest absolute Gasteiger partial charge is 0.246 e. The third-order valence-electron chi connectivity index (χ3n) is 4.58. The van der Waals surface area contributed by atoms with Crippen molar-refractivity contribution in [2.24, 2.45) is 0 Å². The van der Waals surface area contributed by atoms with E-state index in [9.17, 15) is 13.2 Å². The van der Waals surface area contributed by atoms with Gasteiger partial charge in [0.1, 0.15) is 0 Å². The monoisotopic (exact) mass is 439 g/mol. The molecule has 146 valence electrons. The average Bonchev–Trinajstić information content (AvgIpc) is 2.63. The van der Waals surface area contributed by atoms with Crippen LogP contribution in [0.15, 0.2) is 39.0 Å². The lowest BCUT2D eigenvalue weighted by Gasteiger charge is -2.27. The number of aromatic nitrogens is 2. The van der Waals surface area contributed by atoms with Crippen LogP contribution in [0.2, 0.25) is 10.0 Å². The Hall–Kier alpha value is -2.00. The first-order chi connectivity index (χ1) is 13.2. The molecule has 0 radical (unpaired) electrons. The maximum atomic E-state index is 12.8. The average molecular weight is 440 g/mol. The summed E-state index contributed by atoms with van der Waals surface area (Å²) in [5.41, 5.74) is 2.18. The van der Waals surface area contributed by atoms with Crippen molar-refractivity contribution in [3.8, 4) is 0 Å². The molecule has 1 aliphatic rings. The Labute approximate surface area is 170 Å². The molecule has 0 saturated heterocycles. The zero-order valence-electron chi connectivity index (χ0n) is 14.8. The standard InChI is InChI=1S/C18H15Cl2N3O4S/c1-28(25,26)18-21-6-10-7-23(3-2-15(10)22-18)8-11-9-27-17-13(16(11)24)4-12(19)5-14(17)20/h4-6,9H,2-3,7-8H2,1H3. The van der Waals surface area contributed by atoms with Gasteiger partial charge >= 0.3 is 0 Å². The summed E-state index contributed by atoms with van der Waals surface area (Å²) in [5, 5.41) is 0.835. The minimum atomic E-state index is -3.44.